The Hall–Kier alpha value is -1.50. The lowest BCUT2D eigenvalue weighted by Gasteiger charge is -2.31. The van der Waals surface area contributed by atoms with Gasteiger partial charge >= 0.3 is 0 Å². The molecule has 0 aliphatic carbocycles. The van der Waals surface area contributed by atoms with Crippen LogP contribution in [0.5, 0.6) is 11.5 Å². The average Bonchev–Trinajstić information content (AvgIpc) is 3.02. The van der Waals surface area contributed by atoms with Crippen molar-refractivity contribution in [1.29, 1.82) is 0 Å². The van der Waals surface area contributed by atoms with Gasteiger partial charge in [-0.25, -0.2) is 0 Å². The zero-order valence-corrected chi connectivity index (χ0v) is 14.9. The summed E-state index contributed by atoms with van der Waals surface area (Å²) < 4.78 is 10.6. The van der Waals surface area contributed by atoms with Gasteiger partial charge in [0.05, 0.1) is 6.54 Å². The van der Waals surface area contributed by atoms with Gasteiger partial charge in [0.2, 0.25) is 12.7 Å². The van der Waals surface area contributed by atoms with E-state index in [0.29, 0.717) is 12.3 Å². The van der Waals surface area contributed by atoms with Crippen molar-refractivity contribution in [3.63, 3.8) is 0 Å². The van der Waals surface area contributed by atoms with E-state index < -0.39 is 0 Å². The van der Waals surface area contributed by atoms with Crippen LogP contribution in [0.2, 0.25) is 0 Å². The molecule has 2 heterocycles. The third kappa shape index (κ3) is 5.00. The molecule has 1 aromatic carbocycles. The quantitative estimate of drug-likeness (QED) is 0.818. The fourth-order valence-electron chi connectivity index (χ4n) is 3.08. The van der Waals surface area contributed by atoms with E-state index in [-0.39, 0.29) is 25.1 Å². The number of fused-ring (bicyclic) bond motifs is 1. The van der Waals surface area contributed by atoms with Gasteiger partial charge in [-0.05, 0) is 57.1 Å². The number of likely N-dealkylation sites (tertiary alicyclic amines) is 1. The van der Waals surface area contributed by atoms with Crippen LogP contribution in [0.1, 0.15) is 19.8 Å². The van der Waals surface area contributed by atoms with Crippen molar-refractivity contribution in [3.8, 4) is 11.5 Å². The van der Waals surface area contributed by atoms with Crippen molar-refractivity contribution >= 4 is 24.0 Å². The number of ether oxygens (including phenoxy) is 2. The number of hydrogen-bond donors (Lipinski definition) is 2. The largest absolute Gasteiger partial charge is 0.454 e. The summed E-state index contributed by atoms with van der Waals surface area (Å²) in [5.41, 5.74) is 0.751. The van der Waals surface area contributed by atoms with E-state index in [9.17, 15) is 4.79 Å². The van der Waals surface area contributed by atoms with Crippen LogP contribution >= 0.6 is 12.4 Å². The lowest BCUT2D eigenvalue weighted by Crippen LogP contribution is -2.41. The van der Waals surface area contributed by atoms with Crippen LogP contribution < -0.4 is 20.1 Å². The van der Waals surface area contributed by atoms with Crippen molar-refractivity contribution < 1.29 is 14.3 Å². The first-order valence-corrected chi connectivity index (χ1v) is 8.37. The van der Waals surface area contributed by atoms with Crippen LogP contribution in [-0.2, 0) is 4.79 Å². The molecule has 1 fully saturated rings. The zero-order chi connectivity index (χ0) is 16.1. The van der Waals surface area contributed by atoms with E-state index in [1.54, 1.807) is 0 Å². The highest BCUT2D eigenvalue weighted by Gasteiger charge is 2.21. The number of amides is 1. The van der Waals surface area contributed by atoms with Crippen molar-refractivity contribution in [3.05, 3.63) is 18.2 Å². The number of carbonyl (C=O) groups excluding carboxylic acids is 1. The molecule has 1 aromatic rings. The summed E-state index contributed by atoms with van der Waals surface area (Å²) in [6.07, 6.45) is 2.31. The van der Waals surface area contributed by atoms with Crippen molar-refractivity contribution in [2.75, 3.05) is 44.8 Å². The van der Waals surface area contributed by atoms with Gasteiger partial charge in [-0.3, -0.25) is 9.69 Å². The van der Waals surface area contributed by atoms with Crippen molar-refractivity contribution in [1.82, 2.24) is 10.2 Å². The minimum absolute atomic E-state index is 0. The third-order valence-electron chi connectivity index (χ3n) is 4.41. The molecule has 3 rings (SSSR count). The molecule has 24 heavy (non-hydrogen) atoms. The van der Waals surface area contributed by atoms with Gasteiger partial charge in [0, 0.05) is 11.8 Å². The molecule has 0 unspecified atom stereocenters. The number of carbonyl (C=O) groups is 1. The van der Waals surface area contributed by atoms with E-state index in [1.807, 2.05) is 18.2 Å². The molecule has 134 valence electrons. The average molecular weight is 356 g/mol. The maximum absolute atomic E-state index is 12.2. The van der Waals surface area contributed by atoms with Crippen LogP contribution in [0.4, 0.5) is 5.69 Å². The minimum Gasteiger partial charge on any atom is -0.454 e. The van der Waals surface area contributed by atoms with Gasteiger partial charge in [-0.1, -0.05) is 6.92 Å². The second-order valence-electron chi connectivity index (χ2n) is 6.14. The molecule has 0 atom stereocenters. The summed E-state index contributed by atoms with van der Waals surface area (Å²) in [7, 11) is 0. The van der Waals surface area contributed by atoms with E-state index in [0.717, 1.165) is 56.4 Å². The maximum atomic E-state index is 12.2. The van der Waals surface area contributed by atoms with Gasteiger partial charge in [0.1, 0.15) is 0 Å². The molecule has 0 radical (unpaired) electrons. The number of piperidine rings is 1. The number of rotatable bonds is 6. The van der Waals surface area contributed by atoms with Gasteiger partial charge in [0.25, 0.3) is 0 Å². The zero-order valence-electron chi connectivity index (χ0n) is 14.0. The summed E-state index contributed by atoms with van der Waals surface area (Å²) >= 11 is 0. The predicted molar refractivity (Wildman–Crippen MR) is 96.2 cm³/mol. The van der Waals surface area contributed by atoms with Gasteiger partial charge in [0.15, 0.2) is 11.5 Å². The molecule has 1 amide bonds. The number of anilines is 1. The Morgan fingerprint density at radius 1 is 1.25 bits per heavy atom. The summed E-state index contributed by atoms with van der Waals surface area (Å²) in [6.45, 7) is 6.92. The van der Waals surface area contributed by atoms with Gasteiger partial charge < -0.3 is 20.1 Å². The molecular formula is C17H26ClN3O3. The Kier molecular flexibility index (Phi) is 7.15. The molecule has 0 spiro atoms. The van der Waals surface area contributed by atoms with E-state index in [2.05, 4.69) is 22.5 Å². The maximum Gasteiger partial charge on any atom is 0.238 e. The highest BCUT2D eigenvalue weighted by Crippen LogP contribution is 2.34. The Balaban J connectivity index is 0.00000208. The van der Waals surface area contributed by atoms with E-state index in [1.165, 1.54) is 0 Å². The fourth-order valence-corrected chi connectivity index (χ4v) is 3.08. The summed E-state index contributed by atoms with van der Waals surface area (Å²) in [4.78, 5) is 14.4. The number of nitrogens with zero attached hydrogens (tertiary/aromatic N) is 1. The second-order valence-corrected chi connectivity index (χ2v) is 6.14. The van der Waals surface area contributed by atoms with Crippen molar-refractivity contribution in [2.24, 2.45) is 5.92 Å². The van der Waals surface area contributed by atoms with Crippen LogP contribution in [-0.4, -0.2) is 50.3 Å². The molecule has 6 nitrogen and oxygen atoms in total. The van der Waals surface area contributed by atoms with Crippen LogP contribution in [0.3, 0.4) is 0 Å². The first-order valence-electron chi connectivity index (χ1n) is 8.37. The predicted octanol–water partition coefficient (Wildman–Crippen LogP) is 2.10. The Bertz CT molecular complexity index is 548. The van der Waals surface area contributed by atoms with Gasteiger partial charge in [-0.15, -0.1) is 12.4 Å². The standard InChI is InChI=1S/C17H25N3O3.ClH/c1-2-18-10-13-5-7-20(8-6-13)11-17(21)19-14-3-4-15-16(9-14)23-12-22-15;/h3-4,9,13,18H,2,5-8,10-12H2,1H3,(H,19,21);1H. The van der Waals surface area contributed by atoms with Crippen molar-refractivity contribution in [2.45, 2.75) is 19.8 Å². The monoisotopic (exact) mass is 355 g/mol. The molecule has 2 N–H and O–H groups in total. The molecule has 0 aromatic heterocycles. The molecule has 2 aliphatic heterocycles. The smallest absolute Gasteiger partial charge is 0.238 e. The molecule has 0 saturated carbocycles. The fraction of sp³-hybridized carbons (Fsp3) is 0.588. The lowest BCUT2D eigenvalue weighted by molar-refractivity contribution is -0.117. The minimum atomic E-state index is 0. The van der Waals surface area contributed by atoms with Crippen LogP contribution in [0, 0.1) is 5.92 Å². The lowest BCUT2D eigenvalue weighted by atomic mass is 9.97. The number of halogens is 1. The Morgan fingerprint density at radius 3 is 2.75 bits per heavy atom. The number of hydrogen-bond acceptors (Lipinski definition) is 5. The van der Waals surface area contributed by atoms with Crippen LogP contribution in [0.25, 0.3) is 0 Å². The summed E-state index contributed by atoms with van der Waals surface area (Å²) in [6, 6.07) is 5.47. The number of nitrogens with one attached hydrogen (secondary N) is 2. The van der Waals surface area contributed by atoms with E-state index >= 15 is 0 Å². The Morgan fingerprint density at radius 2 is 2.00 bits per heavy atom. The highest BCUT2D eigenvalue weighted by atomic mass is 35.5. The number of benzene rings is 1. The SMILES string of the molecule is CCNCC1CCN(CC(=O)Nc2ccc3c(c2)OCO3)CC1.Cl. The normalized spacial score (nSPS) is 17.4. The molecule has 0 bridgehead atoms. The first kappa shape index (κ1) is 18.8. The first-order chi connectivity index (χ1) is 11.2. The highest BCUT2D eigenvalue weighted by molar-refractivity contribution is 5.92. The third-order valence-corrected chi connectivity index (χ3v) is 4.41. The second kappa shape index (κ2) is 9.11. The molecular weight excluding hydrogens is 330 g/mol. The molecule has 7 heteroatoms. The van der Waals surface area contributed by atoms with Crippen LogP contribution in [0.15, 0.2) is 18.2 Å². The van der Waals surface area contributed by atoms with Gasteiger partial charge in [-0.2, -0.15) is 0 Å². The van der Waals surface area contributed by atoms with E-state index in [4.69, 9.17) is 9.47 Å². The Labute approximate surface area is 149 Å². The summed E-state index contributed by atoms with van der Waals surface area (Å²) in [5.74, 6) is 2.18. The topological polar surface area (TPSA) is 62.8 Å². The summed E-state index contributed by atoms with van der Waals surface area (Å²) in [5, 5.41) is 6.34. The molecule has 2 aliphatic rings. The molecule has 1 saturated heterocycles.